The first-order valence-electron chi connectivity index (χ1n) is 7.99. The van der Waals surface area contributed by atoms with Gasteiger partial charge in [-0.2, -0.15) is 5.26 Å². The summed E-state index contributed by atoms with van der Waals surface area (Å²) >= 11 is 6.89. The van der Waals surface area contributed by atoms with Gasteiger partial charge >= 0.3 is 11.9 Å². The molecule has 1 N–H and O–H groups in total. The van der Waals surface area contributed by atoms with Gasteiger partial charge in [-0.25, -0.2) is 0 Å². The molecule has 9 heteroatoms. The van der Waals surface area contributed by atoms with Crippen LogP contribution < -0.4 is 5.32 Å². The Morgan fingerprint density at radius 1 is 1.33 bits per heavy atom. The summed E-state index contributed by atoms with van der Waals surface area (Å²) in [6.07, 6.45) is 0. The number of benzene rings is 1. The molecule has 142 valence electrons. The number of hydrogen-bond donors (Lipinski definition) is 1. The summed E-state index contributed by atoms with van der Waals surface area (Å²) in [5.74, 6) is -3.98. The third-order valence-electron chi connectivity index (χ3n) is 3.85. The van der Waals surface area contributed by atoms with E-state index in [0.717, 1.165) is 11.8 Å². The molecule has 1 amide bonds. The van der Waals surface area contributed by atoms with Crippen molar-refractivity contribution in [1.82, 2.24) is 5.32 Å². The molecule has 1 aromatic rings. The van der Waals surface area contributed by atoms with Crippen molar-refractivity contribution < 1.29 is 23.9 Å². The summed E-state index contributed by atoms with van der Waals surface area (Å²) in [6, 6.07) is 8.56. The molecular formula is C18H17ClN2O5S. The molecule has 0 aliphatic carbocycles. The van der Waals surface area contributed by atoms with E-state index in [0.29, 0.717) is 10.6 Å². The van der Waals surface area contributed by atoms with Crippen molar-refractivity contribution in [3.63, 3.8) is 0 Å². The zero-order valence-electron chi connectivity index (χ0n) is 14.7. The molecule has 0 saturated heterocycles. The van der Waals surface area contributed by atoms with E-state index in [1.165, 1.54) is 7.11 Å². The van der Waals surface area contributed by atoms with Gasteiger partial charge in [-0.3, -0.25) is 14.4 Å². The van der Waals surface area contributed by atoms with Crippen molar-refractivity contribution in [3.8, 4) is 6.07 Å². The highest BCUT2D eigenvalue weighted by molar-refractivity contribution is 8.03. The minimum absolute atomic E-state index is 0.0785. The fraction of sp³-hybridized carbons (Fsp3) is 0.333. The van der Waals surface area contributed by atoms with Crippen LogP contribution in [-0.2, 0) is 23.9 Å². The molecule has 2 rings (SSSR count). The Morgan fingerprint density at radius 3 is 2.56 bits per heavy atom. The lowest BCUT2D eigenvalue weighted by molar-refractivity contribution is -0.150. The summed E-state index contributed by atoms with van der Waals surface area (Å²) in [5.41, 5.74) is 0.733. The highest BCUT2D eigenvalue weighted by Gasteiger charge is 2.44. The minimum Gasteiger partial charge on any atom is -0.468 e. The predicted octanol–water partition coefficient (Wildman–Crippen LogP) is 2.37. The number of carbonyl (C=O) groups is 3. The Balaban J connectivity index is 2.48. The number of ether oxygens (including phenoxy) is 2. The van der Waals surface area contributed by atoms with Crippen LogP contribution in [0.15, 0.2) is 34.9 Å². The highest BCUT2D eigenvalue weighted by atomic mass is 35.5. The molecule has 0 fully saturated rings. The van der Waals surface area contributed by atoms with Gasteiger partial charge in [0.25, 0.3) is 0 Å². The lowest BCUT2D eigenvalue weighted by Crippen LogP contribution is -2.44. The lowest BCUT2D eigenvalue weighted by Gasteiger charge is -2.30. The van der Waals surface area contributed by atoms with Gasteiger partial charge in [-0.05, 0) is 24.6 Å². The molecule has 1 heterocycles. The molecule has 0 unspecified atom stereocenters. The first-order chi connectivity index (χ1) is 12.9. The van der Waals surface area contributed by atoms with E-state index in [1.54, 1.807) is 31.2 Å². The fourth-order valence-electron chi connectivity index (χ4n) is 2.68. The molecule has 0 aromatic heterocycles. The highest BCUT2D eigenvalue weighted by Crippen LogP contribution is 2.40. The molecule has 2 atom stereocenters. The number of amides is 1. The Morgan fingerprint density at radius 2 is 2.00 bits per heavy atom. The van der Waals surface area contributed by atoms with Gasteiger partial charge in [0.1, 0.15) is 5.92 Å². The van der Waals surface area contributed by atoms with Gasteiger partial charge in [0, 0.05) is 10.9 Å². The van der Waals surface area contributed by atoms with Crippen LogP contribution in [0, 0.1) is 17.2 Å². The third-order valence-corrected chi connectivity index (χ3v) is 5.10. The van der Waals surface area contributed by atoms with E-state index >= 15 is 0 Å². The third kappa shape index (κ3) is 4.81. The maximum atomic E-state index is 12.6. The second-order valence-electron chi connectivity index (χ2n) is 5.47. The standard InChI is InChI=1S/C18H17ClN2O5S/c1-3-26-13(22)9-27-17-12(8-20)14(10-4-6-11(19)7-5-10)15(16(23)21-17)18(24)25-2/h4-7,14-15H,3,9H2,1-2H3,(H,21,23)/t14-,15-/m0/s1. The van der Waals surface area contributed by atoms with Crippen molar-refractivity contribution in [3.05, 3.63) is 45.5 Å². The lowest BCUT2D eigenvalue weighted by atomic mass is 9.78. The molecule has 7 nitrogen and oxygen atoms in total. The van der Waals surface area contributed by atoms with Crippen LogP contribution in [0.1, 0.15) is 18.4 Å². The number of nitrogens with one attached hydrogen (secondary N) is 1. The number of nitrogens with zero attached hydrogens (tertiary/aromatic N) is 1. The van der Waals surface area contributed by atoms with E-state index in [9.17, 15) is 19.6 Å². The number of hydrogen-bond acceptors (Lipinski definition) is 7. The normalized spacial score (nSPS) is 19.1. The molecule has 0 saturated carbocycles. The topological polar surface area (TPSA) is 105 Å². The minimum atomic E-state index is -1.22. The molecule has 1 aromatic carbocycles. The number of halogens is 1. The van der Waals surface area contributed by atoms with Crippen LogP contribution in [0.25, 0.3) is 0 Å². The smallest absolute Gasteiger partial charge is 0.319 e. The van der Waals surface area contributed by atoms with Crippen LogP contribution in [0.3, 0.4) is 0 Å². The van der Waals surface area contributed by atoms with Gasteiger partial charge in [0.05, 0.1) is 36.1 Å². The first-order valence-corrected chi connectivity index (χ1v) is 9.36. The first kappa shape index (κ1) is 20.8. The summed E-state index contributed by atoms with van der Waals surface area (Å²) in [4.78, 5) is 36.4. The van der Waals surface area contributed by atoms with Crippen molar-refractivity contribution in [2.24, 2.45) is 5.92 Å². The Bertz CT molecular complexity index is 816. The van der Waals surface area contributed by atoms with E-state index < -0.39 is 29.7 Å². The summed E-state index contributed by atoms with van der Waals surface area (Å²) in [7, 11) is 1.18. The number of thioether (sulfide) groups is 1. The average molecular weight is 409 g/mol. The monoisotopic (exact) mass is 408 g/mol. The van der Waals surface area contributed by atoms with E-state index in [-0.39, 0.29) is 23.0 Å². The summed E-state index contributed by atoms with van der Waals surface area (Å²) < 4.78 is 9.62. The number of allylic oxidation sites excluding steroid dienone is 1. The van der Waals surface area contributed by atoms with Crippen LogP contribution in [0.4, 0.5) is 0 Å². The molecule has 27 heavy (non-hydrogen) atoms. The molecule has 0 bridgehead atoms. The molecular weight excluding hydrogens is 392 g/mol. The second kappa shape index (κ2) is 9.44. The SMILES string of the molecule is CCOC(=O)CSC1=C(C#N)[C@H](c2ccc(Cl)cc2)[C@H](C(=O)OC)C(=O)N1. The number of nitriles is 1. The Hall–Kier alpha value is -2.50. The second-order valence-corrected chi connectivity index (χ2v) is 6.89. The van der Waals surface area contributed by atoms with Crippen LogP contribution in [0.5, 0.6) is 0 Å². The number of carbonyl (C=O) groups excluding carboxylic acids is 3. The number of methoxy groups -OCH3 is 1. The van der Waals surface area contributed by atoms with Gasteiger partial charge in [0.2, 0.25) is 5.91 Å². The Labute approximate surface area is 165 Å². The van der Waals surface area contributed by atoms with Crippen LogP contribution in [0.2, 0.25) is 5.02 Å². The number of esters is 2. The van der Waals surface area contributed by atoms with Crippen molar-refractivity contribution in [2.75, 3.05) is 19.5 Å². The molecule has 0 spiro atoms. The van der Waals surface area contributed by atoms with Crippen molar-refractivity contribution >= 4 is 41.2 Å². The summed E-state index contributed by atoms with van der Waals surface area (Å²) in [6.45, 7) is 1.91. The Kier molecular flexibility index (Phi) is 7.28. The quantitative estimate of drug-likeness (QED) is 0.569. The fourth-order valence-corrected chi connectivity index (χ4v) is 3.66. The maximum Gasteiger partial charge on any atom is 0.319 e. The predicted molar refractivity (Wildman–Crippen MR) is 99.6 cm³/mol. The van der Waals surface area contributed by atoms with Gasteiger partial charge in [0.15, 0.2) is 0 Å². The summed E-state index contributed by atoms with van der Waals surface area (Å²) in [5, 5.41) is 12.9. The van der Waals surface area contributed by atoms with E-state index in [1.807, 2.05) is 0 Å². The van der Waals surface area contributed by atoms with Crippen molar-refractivity contribution in [1.29, 1.82) is 5.26 Å². The average Bonchev–Trinajstić information content (AvgIpc) is 2.66. The molecule has 0 radical (unpaired) electrons. The van der Waals surface area contributed by atoms with Crippen LogP contribution in [-0.4, -0.2) is 37.3 Å². The zero-order chi connectivity index (χ0) is 20.0. The van der Waals surface area contributed by atoms with Crippen molar-refractivity contribution in [2.45, 2.75) is 12.8 Å². The molecule has 1 aliphatic heterocycles. The van der Waals surface area contributed by atoms with Gasteiger partial charge in [-0.15, -0.1) is 0 Å². The zero-order valence-corrected chi connectivity index (χ0v) is 16.2. The molecule has 1 aliphatic rings. The van der Waals surface area contributed by atoms with Gasteiger partial charge < -0.3 is 14.8 Å². The maximum absolute atomic E-state index is 12.6. The van der Waals surface area contributed by atoms with Gasteiger partial charge in [-0.1, -0.05) is 35.5 Å². The number of rotatable bonds is 6. The van der Waals surface area contributed by atoms with E-state index in [2.05, 4.69) is 11.4 Å². The van der Waals surface area contributed by atoms with E-state index in [4.69, 9.17) is 21.1 Å². The largest absolute Gasteiger partial charge is 0.468 e. The van der Waals surface area contributed by atoms with Crippen LogP contribution >= 0.6 is 23.4 Å².